The first-order chi connectivity index (χ1) is 20.4. The predicted molar refractivity (Wildman–Crippen MR) is 157 cm³/mol. The quantitative estimate of drug-likeness (QED) is 0.253. The zero-order valence-electron chi connectivity index (χ0n) is 23.3. The van der Waals surface area contributed by atoms with Crippen LogP contribution in [0.25, 0.3) is 6.08 Å². The first kappa shape index (κ1) is 28.8. The highest BCUT2D eigenvalue weighted by Gasteiger charge is 2.31. The summed E-state index contributed by atoms with van der Waals surface area (Å²) in [6.07, 6.45) is 3.19. The maximum atomic E-state index is 13.9. The van der Waals surface area contributed by atoms with E-state index in [1.54, 1.807) is 42.5 Å². The van der Waals surface area contributed by atoms with Gasteiger partial charge in [0, 0.05) is 11.8 Å². The van der Waals surface area contributed by atoms with Crippen LogP contribution in [0.1, 0.15) is 36.6 Å². The number of carbonyl (C=O) groups excluding carboxylic acids is 1. The summed E-state index contributed by atoms with van der Waals surface area (Å²) >= 11 is 1.21. The molecule has 0 radical (unpaired) electrons. The lowest BCUT2D eigenvalue weighted by molar-refractivity contribution is -0.136. The van der Waals surface area contributed by atoms with Crippen molar-refractivity contribution in [3.8, 4) is 17.2 Å². The molecule has 0 N–H and O–H groups in total. The lowest BCUT2D eigenvalue weighted by Gasteiger charge is -2.23. The number of aromatic nitrogens is 1. The Bertz CT molecular complexity index is 1810. The fraction of sp³-hybridized carbons (Fsp3) is 0.219. The molecule has 4 aromatic rings. The highest BCUT2D eigenvalue weighted by atomic mass is 32.1. The van der Waals surface area contributed by atoms with Crippen LogP contribution in [0.4, 0.5) is 4.39 Å². The molecule has 1 aromatic heterocycles. The van der Waals surface area contributed by atoms with Crippen molar-refractivity contribution in [2.24, 2.45) is 4.99 Å². The smallest absolute Gasteiger partial charge is 0.337 e. The number of rotatable bonds is 10. The summed E-state index contributed by atoms with van der Waals surface area (Å²) < 4.78 is 37.8. The van der Waals surface area contributed by atoms with Gasteiger partial charge >= 0.3 is 5.97 Å². The first-order valence-corrected chi connectivity index (χ1v) is 14.2. The largest absolute Gasteiger partial charge is 0.490 e. The van der Waals surface area contributed by atoms with Crippen LogP contribution >= 0.6 is 11.3 Å². The molecule has 0 saturated heterocycles. The molecule has 3 aromatic carbocycles. The minimum absolute atomic E-state index is 0.214. The number of hydrogen-bond acceptors (Lipinski definition) is 8. The van der Waals surface area contributed by atoms with Crippen LogP contribution < -0.4 is 29.1 Å². The van der Waals surface area contributed by atoms with Gasteiger partial charge in [-0.3, -0.25) is 9.36 Å². The molecule has 2 heterocycles. The van der Waals surface area contributed by atoms with Crippen LogP contribution in [-0.4, -0.2) is 30.9 Å². The Morgan fingerprint density at radius 2 is 1.71 bits per heavy atom. The standard InChI is InChI=1S/C32H29FN2O6S/c1-4-39-26-15-12-22(16-27(26)40-5-2)29-24(31(37)38-3)18-34-32-35(29)30(36)28(42-32)17-21-8-6-7-9-25(21)41-19-20-10-13-23(33)14-11-20/h6-18,29H,4-5,19H2,1-3H3/b28-17-/t29-/m0/s1. The SMILES string of the molecule is CCOc1ccc([C@H]2C(C(=O)OC)=CN=c3s/c(=C\c4ccccc4OCc4ccc(F)cc4)c(=O)n32)cc1OCC. The molecular formula is C32H29FN2O6S. The molecule has 1 aliphatic rings. The maximum Gasteiger partial charge on any atom is 0.337 e. The maximum absolute atomic E-state index is 13.9. The second-order valence-electron chi connectivity index (χ2n) is 9.20. The number of carbonyl (C=O) groups is 1. The summed E-state index contributed by atoms with van der Waals surface area (Å²) in [6.45, 7) is 4.85. The third kappa shape index (κ3) is 5.99. The van der Waals surface area contributed by atoms with Crippen LogP contribution in [0.2, 0.25) is 0 Å². The molecule has 0 amide bonds. The molecule has 1 atom stereocenters. The first-order valence-electron chi connectivity index (χ1n) is 13.4. The van der Waals surface area contributed by atoms with Crippen molar-refractivity contribution in [2.75, 3.05) is 20.3 Å². The third-order valence-corrected chi connectivity index (χ3v) is 7.52. The van der Waals surface area contributed by atoms with Gasteiger partial charge in [-0.1, -0.05) is 47.7 Å². The summed E-state index contributed by atoms with van der Waals surface area (Å²) in [7, 11) is 1.29. The molecule has 0 spiro atoms. The third-order valence-electron chi connectivity index (χ3n) is 6.52. The zero-order valence-corrected chi connectivity index (χ0v) is 24.2. The van der Waals surface area contributed by atoms with E-state index in [0.717, 1.165) is 5.56 Å². The fourth-order valence-electron chi connectivity index (χ4n) is 4.60. The average Bonchev–Trinajstić information content (AvgIpc) is 3.32. The Morgan fingerprint density at radius 1 is 0.976 bits per heavy atom. The minimum Gasteiger partial charge on any atom is -0.490 e. The van der Waals surface area contributed by atoms with E-state index in [0.29, 0.717) is 50.9 Å². The van der Waals surface area contributed by atoms with E-state index < -0.39 is 12.0 Å². The van der Waals surface area contributed by atoms with Crippen LogP contribution in [-0.2, 0) is 16.1 Å². The topological polar surface area (TPSA) is 88.4 Å². The van der Waals surface area contributed by atoms with Gasteiger partial charge in [-0.05, 0) is 61.4 Å². The fourth-order valence-corrected chi connectivity index (χ4v) is 5.56. The number of para-hydroxylation sites is 1. The Morgan fingerprint density at radius 3 is 2.45 bits per heavy atom. The normalized spacial score (nSPS) is 14.4. The molecule has 8 nitrogen and oxygen atoms in total. The van der Waals surface area contributed by atoms with E-state index in [1.807, 2.05) is 32.0 Å². The van der Waals surface area contributed by atoms with Gasteiger partial charge in [-0.25, -0.2) is 14.2 Å². The number of hydrogen-bond donors (Lipinski definition) is 0. The number of benzene rings is 3. The lowest BCUT2D eigenvalue weighted by Crippen LogP contribution is -2.39. The number of nitrogens with zero attached hydrogens (tertiary/aromatic N) is 2. The number of methoxy groups -OCH3 is 1. The highest BCUT2D eigenvalue weighted by Crippen LogP contribution is 2.35. The van der Waals surface area contributed by atoms with Gasteiger partial charge in [-0.15, -0.1) is 0 Å². The molecular weight excluding hydrogens is 559 g/mol. The van der Waals surface area contributed by atoms with Gasteiger partial charge < -0.3 is 18.9 Å². The number of esters is 1. The van der Waals surface area contributed by atoms with E-state index in [4.69, 9.17) is 18.9 Å². The Balaban J connectivity index is 1.57. The predicted octanol–water partition coefficient (Wildman–Crippen LogP) is 4.53. The van der Waals surface area contributed by atoms with Crippen LogP contribution in [0.3, 0.4) is 0 Å². The van der Waals surface area contributed by atoms with Crippen molar-refractivity contribution in [3.05, 3.63) is 121 Å². The van der Waals surface area contributed by atoms with Gasteiger partial charge in [0.25, 0.3) is 5.56 Å². The molecule has 42 heavy (non-hydrogen) atoms. The van der Waals surface area contributed by atoms with Crippen molar-refractivity contribution in [3.63, 3.8) is 0 Å². The average molecular weight is 589 g/mol. The van der Waals surface area contributed by atoms with Crippen LogP contribution in [0, 0.1) is 5.82 Å². The van der Waals surface area contributed by atoms with Crippen molar-refractivity contribution in [2.45, 2.75) is 26.5 Å². The van der Waals surface area contributed by atoms with Gasteiger partial charge in [0.1, 0.15) is 18.2 Å². The Kier molecular flexibility index (Phi) is 8.83. The van der Waals surface area contributed by atoms with E-state index in [-0.39, 0.29) is 23.6 Å². The van der Waals surface area contributed by atoms with E-state index >= 15 is 0 Å². The van der Waals surface area contributed by atoms with Gasteiger partial charge in [0.05, 0.1) is 36.5 Å². The molecule has 0 unspecified atom stereocenters. The van der Waals surface area contributed by atoms with Gasteiger partial charge in [0.15, 0.2) is 16.3 Å². The van der Waals surface area contributed by atoms with Crippen LogP contribution in [0.5, 0.6) is 17.2 Å². The monoisotopic (exact) mass is 588 g/mol. The summed E-state index contributed by atoms with van der Waals surface area (Å²) in [5, 5.41) is 0. The molecule has 0 fully saturated rings. The number of ether oxygens (including phenoxy) is 4. The Hall–Kier alpha value is -4.70. The minimum atomic E-state index is -0.796. The van der Waals surface area contributed by atoms with Crippen molar-refractivity contribution < 1.29 is 28.1 Å². The van der Waals surface area contributed by atoms with E-state index in [9.17, 15) is 14.0 Å². The Labute approximate surface area is 245 Å². The van der Waals surface area contributed by atoms with Gasteiger partial charge in [-0.2, -0.15) is 0 Å². The second-order valence-corrected chi connectivity index (χ2v) is 10.2. The number of halogens is 1. The van der Waals surface area contributed by atoms with Crippen LogP contribution in [0.15, 0.2) is 88.3 Å². The van der Waals surface area contributed by atoms with Crippen molar-refractivity contribution in [1.29, 1.82) is 0 Å². The molecule has 0 bridgehead atoms. The second kappa shape index (κ2) is 12.9. The molecule has 1 aliphatic heterocycles. The molecule has 0 saturated carbocycles. The summed E-state index contributed by atoms with van der Waals surface area (Å²) in [5.41, 5.74) is 2.03. The van der Waals surface area contributed by atoms with Crippen molar-refractivity contribution in [1.82, 2.24) is 4.57 Å². The summed E-state index contributed by atoms with van der Waals surface area (Å²) in [6, 6.07) is 18.0. The van der Waals surface area contributed by atoms with Crippen molar-refractivity contribution >= 4 is 23.4 Å². The molecule has 0 aliphatic carbocycles. The number of fused-ring (bicyclic) bond motifs is 1. The van der Waals surface area contributed by atoms with E-state index in [1.165, 1.54) is 41.3 Å². The molecule has 5 rings (SSSR count). The highest BCUT2D eigenvalue weighted by molar-refractivity contribution is 7.07. The zero-order chi connectivity index (χ0) is 29.6. The van der Waals surface area contributed by atoms with Gasteiger partial charge in [0.2, 0.25) is 0 Å². The van der Waals surface area contributed by atoms with E-state index in [2.05, 4.69) is 4.99 Å². The summed E-state index contributed by atoms with van der Waals surface area (Å²) in [5.74, 6) is 0.725. The summed E-state index contributed by atoms with van der Waals surface area (Å²) in [4.78, 5) is 31.6. The lowest BCUT2D eigenvalue weighted by atomic mass is 9.97. The molecule has 10 heteroatoms. The number of thiazole rings is 1. The molecule has 216 valence electrons.